The third kappa shape index (κ3) is 6.45. The van der Waals surface area contributed by atoms with Gasteiger partial charge in [0.05, 0.1) is 22.1 Å². The van der Waals surface area contributed by atoms with Gasteiger partial charge < -0.3 is 9.13 Å². The highest BCUT2D eigenvalue weighted by Gasteiger charge is 2.49. The quantitative estimate of drug-likeness (QED) is 0.101. The van der Waals surface area contributed by atoms with E-state index in [2.05, 4.69) is 312 Å². The summed E-state index contributed by atoms with van der Waals surface area (Å²) in [5.41, 5.74) is 12.2. The van der Waals surface area contributed by atoms with Crippen LogP contribution < -0.4 is 41.5 Å². The van der Waals surface area contributed by atoms with Crippen molar-refractivity contribution >= 4 is 101 Å². The molecule has 2 aromatic heterocycles. The molecule has 0 aliphatic carbocycles. The van der Waals surface area contributed by atoms with Crippen LogP contribution >= 0.6 is 0 Å². The van der Waals surface area contributed by atoms with Crippen molar-refractivity contribution in [3.63, 3.8) is 0 Å². The predicted molar refractivity (Wildman–Crippen MR) is 327 cm³/mol. The molecule has 3 heterocycles. The van der Waals surface area contributed by atoms with Crippen LogP contribution in [0, 0.1) is 0 Å². The molecule has 0 saturated carbocycles. The Balaban J connectivity index is 0.891. The van der Waals surface area contributed by atoms with Crippen LogP contribution in [0.2, 0.25) is 0 Å². The van der Waals surface area contributed by atoms with Crippen molar-refractivity contribution in [3.05, 3.63) is 303 Å². The summed E-state index contributed by atoms with van der Waals surface area (Å²) < 4.78 is 4.95. The standard InChI is InChI=1S/C72H50N2Si2/c1-6-23-54(24-7-1)75(55-25-8-2-9-26-55,56-27-10-3-11-28-56)59-45-42-52(43-46-59)73-66-37-19-16-33-61(66)65-50-53(44-48-68(65)73)74-67-38-20-17-35-64(67)72-60(36-22-39-69(72)74)51-41-47-63-62-34-18-21-40-70(62)76(71(63)49-51,57-29-12-4-13-30-57)58-31-14-5-15-32-58/h1-50H. The minimum Gasteiger partial charge on any atom is -0.309 e. The van der Waals surface area contributed by atoms with Crippen LogP contribution in [0.1, 0.15) is 0 Å². The van der Waals surface area contributed by atoms with Crippen molar-refractivity contribution in [1.82, 2.24) is 9.13 Å². The molecule has 0 fully saturated rings. The third-order valence-electron chi connectivity index (χ3n) is 16.6. The van der Waals surface area contributed by atoms with Gasteiger partial charge in [-0.15, -0.1) is 0 Å². The van der Waals surface area contributed by atoms with Crippen LogP contribution in [0.3, 0.4) is 0 Å². The van der Waals surface area contributed by atoms with Gasteiger partial charge in [0, 0.05) is 32.9 Å². The normalized spacial score (nSPS) is 12.8. The van der Waals surface area contributed by atoms with Gasteiger partial charge in [0.15, 0.2) is 16.1 Å². The van der Waals surface area contributed by atoms with E-state index < -0.39 is 16.1 Å². The molecule has 0 atom stereocenters. The number of hydrogen-bond donors (Lipinski definition) is 0. The maximum atomic E-state index is 2.56. The van der Waals surface area contributed by atoms with Gasteiger partial charge >= 0.3 is 0 Å². The molecular formula is C72H50N2Si2. The van der Waals surface area contributed by atoms with E-state index in [-0.39, 0.29) is 0 Å². The average Bonchev–Trinajstić information content (AvgIpc) is 4.15. The van der Waals surface area contributed by atoms with Gasteiger partial charge in [-0.1, -0.05) is 255 Å². The highest BCUT2D eigenvalue weighted by Crippen LogP contribution is 2.41. The van der Waals surface area contributed by atoms with Gasteiger partial charge in [0.2, 0.25) is 0 Å². The molecule has 0 N–H and O–H groups in total. The molecule has 15 rings (SSSR count). The molecule has 356 valence electrons. The zero-order valence-electron chi connectivity index (χ0n) is 41.8. The second kappa shape index (κ2) is 17.7. The minimum atomic E-state index is -2.69. The third-order valence-corrected chi connectivity index (χ3v) is 26.2. The molecule has 0 bridgehead atoms. The Morgan fingerprint density at radius 3 is 1.34 bits per heavy atom. The molecule has 1 aliphatic heterocycles. The Morgan fingerprint density at radius 1 is 0.263 bits per heavy atom. The lowest BCUT2D eigenvalue weighted by molar-refractivity contribution is 1.17. The first-order chi connectivity index (χ1) is 37.7. The molecule has 2 nitrogen and oxygen atoms in total. The van der Waals surface area contributed by atoms with Crippen LogP contribution in [-0.2, 0) is 0 Å². The second-order valence-corrected chi connectivity index (χ2v) is 27.8. The van der Waals surface area contributed by atoms with Crippen LogP contribution in [0.4, 0.5) is 0 Å². The fraction of sp³-hybridized carbons (Fsp3) is 0. The van der Waals surface area contributed by atoms with E-state index in [1.807, 2.05) is 0 Å². The summed E-state index contributed by atoms with van der Waals surface area (Å²) in [4.78, 5) is 0. The topological polar surface area (TPSA) is 9.86 Å². The number of para-hydroxylation sites is 2. The summed E-state index contributed by atoms with van der Waals surface area (Å²) in [7, 11) is -5.38. The van der Waals surface area contributed by atoms with E-state index in [9.17, 15) is 0 Å². The first-order valence-electron chi connectivity index (χ1n) is 26.4. The summed E-state index contributed by atoms with van der Waals surface area (Å²) in [6, 6.07) is 114. The minimum absolute atomic E-state index is 1.14. The highest BCUT2D eigenvalue weighted by atomic mass is 28.3. The molecule has 12 aromatic carbocycles. The lowest BCUT2D eigenvalue weighted by atomic mass is 9.97. The fourth-order valence-corrected chi connectivity index (χ4v) is 23.4. The van der Waals surface area contributed by atoms with Gasteiger partial charge in [0.1, 0.15) is 0 Å². The number of hydrogen-bond acceptors (Lipinski definition) is 0. The second-order valence-electron chi connectivity index (χ2n) is 20.3. The van der Waals surface area contributed by atoms with E-state index in [4.69, 9.17) is 0 Å². The largest absolute Gasteiger partial charge is 0.309 e. The lowest BCUT2D eigenvalue weighted by Gasteiger charge is -2.34. The number of rotatable bonds is 9. The van der Waals surface area contributed by atoms with Crippen molar-refractivity contribution in [3.8, 4) is 33.6 Å². The van der Waals surface area contributed by atoms with Crippen molar-refractivity contribution in [1.29, 1.82) is 0 Å². The molecule has 0 saturated heterocycles. The van der Waals surface area contributed by atoms with Crippen molar-refractivity contribution in [2.24, 2.45) is 0 Å². The molecule has 0 spiro atoms. The fourth-order valence-electron chi connectivity index (χ4n) is 13.5. The van der Waals surface area contributed by atoms with Crippen molar-refractivity contribution < 1.29 is 0 Å². The molecule has 0 radical (unpaired) electrons. The van der Waals surface area contributed by atoms with E-state index in [1.165, 1.54) is 107 Å². The van der Waals surface area contributed by atoms with Crippen LogP contribution in [0.25, 0.3) is 77.2 Å². The van der Waals surface area contributed by atoms with E-state index >= 15 is 0 Å². The summed E-state index contributed by atoms with van der Waals surface area (Å²) in [6.45, 7) is 0. The average molecular weight is 999 g/mol. The summed E-state index contributed by atoms with van der Waals surface area (Å²) in [5, 5.41) is 16.2. The number of fused-ring (bicyclic) bond motifs is 9. The SMILES string of the molecule is c1ccc([Si](c2ccccc2)(c2ccccc2)c2ccc(-n3c4ccccc4c4cc(-n5c6ccccc6c6c(-c7ccc8c(c7)[Si](c7ccccc7)(c7ccccc7)c7ccccc7-8)cccc65)ccc43)cc2)cc1. The molecule has 4 heteroatoms. The number of nitrogens with zero attached hydrogens (tertiary/aromatic N) is 2. The Kier molecular flexibility index (Phi) is 10.3. The van der Waals surface area contributed by atoms with E-state index in [0.717, 1.165) is 11.4 Å². The molecular weight excluding hydrogens is 949 g/mol. The van der Waals surface area contributed by atoms with Crippen LogP contribution in [0.5, 0.6) is 0 Å². The summed E-state index contributed by atoms with van der Waals surface area (Å²) in [5.74, 6) is 0. The van der Waals surface area contributed by atoms with Gasteiger partial charge in [-0.05, 0) is 112 Å². The van der Waals surface area contributed by atoms with Gasteiger partial charge in [0.25, 0.3) is 0 Å². The molecule has 1 aliphatic rings. The Bertz CT molecular complexity index is 4350. The highest BCUT2D eigenvalue weighted by molar-refractivity contribution is 7.22. The Morgan fingerprint density at radius 2 is 0.711 bits per heavy atom. The Hall–Kier alpha value is -9.33. The van der Waals surface area contributed by atoms with E-state index in [0.29, 0.717) is 0 Å². The van der Waals surface area contributed by atoms with Crippen LogP contribution in [0.15, 0.2) is 303 Å². The summed E-state index contributed by atoms with van der Waals surface area (Å²) >= 11 is 0. The van der Waals surface area contributed by atoms with E-state index in [1.54, 1.807) is 0 Å². The Labute approximate surface area is 444 Å². The number of aromatic nitrogens is 2. The molecule has 0 unspecified atom stereocenters. The van der Waals surface area contributed by atoms with Gasteiger partial charge in [-0.2, -0.15) is 0 Å². The summed E-state index contributed by atoms with van der Waals surface area (Å²) in [6.07, 6.45) is 0. The maximum Gasteiger partial charge on any atom is 0.180 e. The van der Waals surface area contributed by atoms with Gasteiger partial charge in [-0.25, -0.2) is 0 Å². The molecule has 76 heavy (non-hydrogen) atoms. The lowest BCUT2D eigenvalue weighted by Crippen LogP contribution is -2.74. The zero-order valence-corrected chi connectivity index (χ0v) is 43.8. The molecule has 0 amide bonds. The molecule has 14 aromatic rings. The predicted octanol–water partition coefficient (Wildman–Crippen LogP) is 12.3. The monoisotopic (exact) mass is 998 g/mol. The van der Waals surface area contributed by atoms with Gasteiger partial charge in [-0.3, -0.25) is 0 Å². The first-order valence-corrected chi connectivity index (χ1v) is 30.4. The number of benzene rings is 12. The van der Waals surface area contributed by atoms with Crippen LogP contribution in [-0.4, -0.2) is 25.3 Å². The van der Waals surface area contributed by atoms with Crippen molar-refractivity contribution in [2.75, 3.05) is 0 Å². The zero-order chi connectivity index (χ0) is 50.2. The maximum absolute atomic E-state index is 2.69. The first kappa shape index (κ1) is 44.2. The van der Waals surface area contributed by atoms with Crippen molar-refractivity contribution in [2.45, 2.75) is 0 Å². The smallest absolute Gasteiger partial charge is 0.180 e.